The van der Waals surface area contributed by atoms with Crippen molar-refractivity contribution >= 4 is 33.9 Å². The minimum Gasteiger partial charge on any atom is -0.397 e. The average Bonchev–Trinajstić information content (AvgIpc) is 2.69. The highest BCUT2D eigenvalue weighted by Crippen LogP contribution is 2.35. The highest BCUT2D eigenvalue weighted by Gasteiger charge is 2.06. The lowest BCUT2D eigenvalue weighted by Crippen LogP contribution is -2.02. The summed E-state index contributed by atoms with van der Waals surface area (Å²) in [6.07, 6.45) is 3.73. The molecule has 0 spiro atoms. The average molecular weight is 357 g/mol. The Morgan fingerprint density at radius 2 is 1.81 bits per heavy atom. The number of rotatable bonds is 5. The molecule has 0 amide bonds. The number of hydrogen-bond donors (Lipinski definition) is 2. The van der Waals surface area contributed by atoms with Gasteiger partial charge in [-0.15, -0.1) is 0 Å². The number of anilines is 2. The zero-order valence-electron chi connectivity index (χ0n) is 14.2. The van der Waals surface area contributed by atoms with Crippen LogP contribution in [0.25, 0.3) is 10.8 Å². The van der Waals surface area contributed by atoms with Crippen LogP contribution in [0.5, 0.6) is 0 Å². The first kappa shape index (κ1) is 16.5. The Morgan fingerprint density at radius 3 is 2.69 bits per heavy atom. The summed E-state index contributed by atoms with van der Waals surface area (Å²) in [7, 11) is 0. The summed E-state index contributed by atoms with van der Waals surface area (Å²) >= 11 is 1.74. The third-order valence-corrected chi connectivity index (χ3v) is 5.28. The topological polar surface area (TPSA) is 50.9 Å². The fourth-order valence-corrected chi connectivity index (χ4v) is 3.86. The van der Waals surface area contributed by atoms with Gasteiger partial charge in [0, 0.05) is 34.1 Å². The number of hydrogen-bond acceptors (Lipinski definition) is 4. The molecule has 0 bridgehead atoms. The zero-order valence-corrected chi connectivity index (χ0v) is 15.0. The van der Waals surface area contributed by atoms with Gasteiger partial charge in [-0.1, -0.05) is 54.2 Å². The molecule has 1 aromatic heterocycles. The van der Waals surface area contributed by atoms with E-state index in [-0.39, 0.29) is 0 Å². The maximum absolute atomic E-state index is 6.16. The lowest BCUT2D eigenvalue weighted by atomic mass is 10.2. The number of fused-ring (bicyclic) bond motifs is 1. The van der Waals surface area contributed by atoms with Crippen LogP contribution >= 0.6 is 11.8 Å². The summed E-state index contributed by atoms with van der Waals surface area (Å²) in [4.78, 5) is 6.57. The number of nitrogens with two attached hydrogens (primary N) is 1. The molecule has 3 N–H and O–H groups in total. The molecule has 0 aliphatic heterocycles. The SMILES string of the molecule is Nc1ccc(Sc2cccc3cnccc23)cc1NCc1ccccc1. The molecule has 0 saturated heterocycles. The van der Waals surface area contributed by atoms with Gasteiger partial charge in [-0.2, -0.15) is 0 Å². The Hall–Kier alpha value is -2.98. The minimum atomic E-state index is 0.749. The molecule has 3 aromatic carbocycles. The van der Waals surface area contributed by atoms with Gasteiger partial charge in [0.1, 0.15) is 0 Å². The van der Waals surface area contributed by atoms with E-state index >= 15 is 0 Å². The molecule has 0 atom stereocenters. The second-order valence-corrected chi connectivity index (χ2v) is 7.16. The predicted octanol–water partition coefficient (Wildman–Crippen LogP) is 5.58. The van der Waals surface area contributed by atoms with Crippen LogP contribution in [0.3, 0.4) is 0 Å². The van der Waals surface area contributed by atoms with E-state index < -0.39 is 0 Å². The summed E-state index contributed by atoms with van der Waals surface area (Å²) in [5.41, 5.74) is 9.10. The van der Waals surface area contributed by atoms with Crippen molar-refractivity contribution in [1.29, 1.82) is 0 Å². The van der Waals surface area contributed by atoms with Gasteiger partial charge in [-0.3, -0.25) is 4.98 Å². The number of aromatic nitrogens is 1. The van der Waals surface area contributed by atoms with E-state index in [4.69, 9.17) is 5.73 Å². The molecule has 0 fully saturated rings. The van der Waals surface area contributed by atoms with Crippen molar-refractivity contribution in [2.45, 2.75) is 16.3 Å². The summed E-state index contributed by atoms with van der Waals surface area (Å²) in [5, 5.41) is 5.80. The first-order chi connectivity index (χ1) is 12.8. The monoisotopic (exact) mass is 357 g/mol. The first-order valence-electron chi connectivity index (χ1n) is 8.47. The Balaban J connectivity index is 1.57. The summed E-state index contributed by atoms with van der Waals surface area (Å²) in [6, 6.07) is 24.8. The molecule has 4 rings (SSSR count). The van der Waals surface area contributed by atoms with Gasteiger partial charge in [0.15, 0.2) is 0 Å². The number of nitrogens with one attached hydrogen (secondary N) is 1. The molecular weight excluding hydrogens is 338 g/mol. The van der Waals surface area contributed by atoms with E-state index in [1.165, 1.54) is 15.8 Å². The van der Waals surface area contributed by atoms with Crippen molar-refractivity contribution in [2.75, 3.05) is 11.1 Å². The number of nitrogens with zero attached hydrogens (tertiary/aromatic N) is 1. The van der Waals surface area contributed by atoms with Crippen molar-refractivity contribution in [1.82, 2.24) is 4.98 Å². The lowest BCUT2D eigenvalue weighted by molar-refractivity contribution is 1.15. The van der Waals surface area contributed by atoms with Crippen LogP contribution in [0.15, 0.2) is 95.0 Å². The van der Waals surface area contributed by atoms with Crippen LogP contribution in [0.2, 0.25) is 0 Å². The van der Waals surface area contributed by atoms with Gasteiger partial charge in [0.2, 0.25) is 0 Å². The maximum atomic E-state index is 6.16. The summed E-state index contributed by atoms with van der Waals surface area (Å²) < 4.78 is 0. The molecule has 26 heavy (non-hydrogen) atoms. The summed E-state index contributed by atoms with van der Waals surface area (Å²) in [6.45, 7) is 0.749. The largest absolute Gasteiger partial charge is 0.397 e. The smallest absolute Gasteiger partial charge is 0.0587 e. The lowest BCUT2D eigenvalue weighted by Gasteiger charge is -2.12. The van der Waals surface area contributed by atoms with Crippen molar-refractivity contribution in [3.05, 3.63) is 90.8 Å². The molecule has 1 heterocycles. The first-order valence-corrected chi connectivity index (χ1v) is 9.29. The van der Waals surface area contributed by atoms with E-state index in [0.717, 1.165) is 28.2 Å². The van der Waals surface area contributed by atoms with E-state index in [1.807, 2.05) is 36.7 Å². The Kier molecular flexibility index (Phi) is 4.75. The fourth-order valence-electron chi connectivity index (χ4n) is 2.85. The minimum absolute atomic E-state index is 0.749. The van der Waals surface area contributed by atoms with Crippen LogP contribution in [0.1, 0.15) is 5.56 Å². The van der Waals surface area contributed by atoms with Gasteiger partial charge in [0.05, 0.1) is 11.4 Å². The molecule has 0 aliphatic carbocycles. The second-order valence-electron chi connectivity index (χ2n) is 6.04. The van der Waals surface area contributed by atoms with Crippen molar-refractivity contribution in [2.24, 2.45) is 0 Å². The molecule has 4 aromatic rings. The third kappa shape index (κ3) is 3.65. The van der Waals surface area contributed by atoms with Crippen LogP contribution in [0, 0.1) is 0 Å². The van der Waals surface area contributed by atoms with Gasteiger partial charge < -0.3 is 11.1 Å². The van der Waals surface area contributed by atoms with Crippen LogP contribution < -0.4 is 11.1 Å². The molecule has 4 heteroatoms. The molecule has 0 aliphatic rings. The standard InChI is InChI=1S/C22H19N3S/c23-20-10-9-18(13-21(20)25-14-16-5-2-1-3-6-16)26-22-8-4-7-17-15-24-12-11-19(17)22/h1-13,15,25H,14,23H2. The maximum Gasteiger partial charge on any atom is 0.0587 e. The summed E-state index contributed by atoms with van der Waals surface area (Å²) in [5.74, 6) is 0. The highest BCUT2D eigenvalue weighted by molar-refractivity contribution is 7.99. The number of nitrogen functional groups attached to an aromatic ring is 1. The third-order valence-electron chi connectivity index (χ3n) is 4.22. The van der Waals surface area contributed by atoms with Crippen molar-refractivity contribution in [3.63, 3.8) is 0 Å². The fraction of sp³-hybridized carbons (Fsp3) is 0.0455. The predicted molar refractivity (Wildman–Crippen MR) is 110 cm³/mol. The molecule has 0 unspecified atom stereocenters. The van der Waals surface area contributed by atoms with E-state index in [0.29, 0.717) is 0 Å². The molecule has 0 saturated carbocycles. The van der Waals surface area contributed by atoms with Crippen LogP contribution in [-0.4, -0.2) is 4.98 Å². The Bertz CT molecular complexity index is 1030. The Labute approximate surface area is 157 Å². The van der Waals surface area contributed by atoms with Gasteiger partial charge >= 0.3 is 0 Å². The van der Waals surface area contributed by atoms with E-state index in [2.05, 4.69) is 58.8 Å². The van der Waals surface area contributed by atoms with Crippen molar-refractivity contribution in [3.8, 4) is 0 Å². The molecule has 0 radical (unpaired) electrons. The highest BCUT2D eigenvalue weighted by atomic mass is 32.2. The van der Waals surface area contributed by atoms with Crippen LogP contribution in [-0.2, 0) is 6.54 Å². The van der Waals surface area contributed by atoms with Gasteiger partial charge in [-0.05, 0) is 41.3 Å². The van der Waals surface area contributed by atoms with E-state index in [1.54, 1.807) is 11.8 Å². The molecule has 128 valence electrons. The quantitative estimate of drug-likeness (QED) is 0.458. The zero-order chi connectivity index (χ0) is 17.8. The van der Waals surface area contributed by atoms with Crippen LogP contribution in [0.4, 0.5) is 11.4 Å². The number of benzene rings is 3. The molecular formula is C22H19N3S. The van der Waals surface area contributed by atoms with E-state index in [9.17, 15) is 0 Å². The van der Waals surface area contributed by atoms with Gasteiger partial charge in [-0.25, -0.2) is 0 Å². The molecule has 3 nitrogen and oxygen atoms in total. The Morgan fingerprint density at radius 1 is 0.923 bits per heavy atom. The second kappa shape index (κ2) is 7.50. The number of pyridine rings is 1. The van der Waals surface area contributed by atoms with Crippen molar-refractivity contribution < 1.29 is 0 Å². The normalized spacial score (nSPS) is 10.8. The van der Waals surface area contributed by atoms with Gasteiger partial charge in [0.25, 0.3) is 0 Å².